The normalized spacial score (nSPS) is 12.9. The zero-order valence-corrected chi connectivity index (χ0v) is 12.6. The van der Waals surface area contributed by atoms with E-state index in [4.69, 9.17) is 4.74 Å². The molecule has 0 aliphatic rings. The van der Waals surface area contributed by atoms with Crippen LogP contribution >= 0.6 is 0 Å². The van der Waals surface area contributed by atoms with Crippen LogP contribution < -0.4 is 10.1 Å². The monoisotopic (exact) mass is 263 g/mol. The van der Waals surface area contributed by atoms with E-state index in [2.05, 4.69) is 26.1 Å². The van der Waals surface area contributed by atoms with E-state index in [0.29, 0.717) is 0 Å². The van der Waals surface area contributed by atoms with Gasteiger partial charge in [-0.1, -0.05) is 45.9 Å². The van der Waals surface area contributed by atoms with E-state index in [-0.39, 0.29) is 24.0 Å². The largest absolute Gasteiger partial charge is 0.483 e. The molecule has 3 heteroatoms. The number of ether oxygens (including phenoxy) is 1. The zero-order valence-electron chi connectivity index (χ0n) is 12.6. The first-order chi connectivity index (χ1) is 8.84. The minimum absolute atomic E-state index is 0.00375. The molecule has 1 rings (SSSR count). The highest BCUT2D eigenvalue weighted by atomic mass is 16.5. The molecule has 0 bridgehead atoms. The van der Waals surface area contributed by atoms with Gasteiger partial charge >= 0.3 is 0 Å². The molecule has 0 fully saturated rings. The lowest BCUT2D eigenvalue weighted by atomic mass is 9.86. The van der Waals surface area contributed by atoms with Crippen molar-refractivity contribution >= 4 is 5.91 Å². The van der Waals surface area contributed by atoms with Gasteiger partial charge in [-0.15, -0.1) is 0 Å². The SMILES string of the molecule is CCC(C)NC(=O)COc1ccccc1C(C)(C)C. The summed E-state index contributed by atoms with van der Waals surface area (Å²) in [5, 5.41) is 2.89. The molecule has 1 N–H and O–H groups in total. The summed E-state index contributed by atoms with van der Waals surface area (Å²) >= 11 is 0. The average Bonchev–Trinajstić information content (AvgIpc) is 2.35. The number of benzene rings is 1. The van der Waals surface area contributed by atoms with Gasteiger partial charge in [0, 0.05) is 6.04 Å². The Morgan fingerprint density at radius 1 is 1.32 bits per heavy atom. The molecule has 0 aromatic heterocycles. The van der Waals surface area contributed by atoms with Crippen molar-refractivity contribution in [1.82, 2.24) is 5.32 Å². The number of carbonyl (C=O) groups is 1. The molecule has 1 atom stereocenters. The predicted octanol–water partition coefficient (Wildman–Crippen LogP) is 3.28. The predicted molar refractivity (Wildman–Crippen MR) is 78.5 cm³/mol. The van der Waals surface area contributed by atoms with Gasteiger partial charge in [-0.2, -0.15) is 0 Å². The molecule has 0 saturated heterocycles. The number of carbonyl (C=O) groups excluding carboxylic acids is 1. The van der Waals surface area contributed by atoms with Crippen LogP contribution in [0.3, 0.4) is 0 Å². The Morgan fingerprint density at radius 2 is 1.95 bits per heavy atom. The van der Waals surface area contributed by atoms with Crippen molar-refractivity contribution in [2.45, 2.75) is 52.5 Å². The first-order valence-corrected chi connectivity index (χ1v) is 6.86. The molecule has 1 aromatic carbocycles. The molecule has 1 amide bonds. The van der Waals surface area contributed by atoms with E-state index >= 15 is 0 Å². The number of amides is 1. The summed E-state index contributed by atoms with van der Waals surface area (Å²) in [5.41, 5.74) is 1.12. The Morgan fingerprint density at radius 3 is 2.53 bits per heavy atom. The van der Waals surface area contributed by atoms with Crippen LogP contribution in [0.5, 0.6) is 5.75 Å². The molecule has 106 valence electrons. The second-order valence-electron chi connectivity index (χ2n) is 5.91. The van der Waals surface area contributed by atoms with Gasteiger partial charge in [0.05, 0.1) is 0 Å². The van der Waals surface area contributed by atoms with E-state index in [9.17, 15) is 4.79 Å². The minimum atomic E-state index is -0.0712. The van der Waals surface area contributed by atoms with Crippen molar-refractivity contribution in [2.75, 3.05) is 6.61 Å². The van der Waals surface area contributed by atoms with E-state index in [1.54, 1.807) is 0 Å². The van der Waals surface area contributed by atoms with Crippen molar-refractivity contribution in [3.05, 3.63) is 29.8 Å². The molecular weight excluding hydrogens is 238 g/mol. The van der Waals surface area contributed by atoms with Crippen LogP contribution in [0.15, 0.2) is 24.3 Å². The van der Waals surface area contributed by atoms with Crippen LogP contribution in [-0.4, -0.2) is 18.6 Å². The smallest absolute Gasteiger partial charge is 0.258 e. The maximum absolute atomic E-state index is 11.7. The van der Waals surface area contributed by atoms with Gasteiger partial charge in [0.15, 0.2) is 6.61 Å². The third kappa shape index (κ3) is 4.93. The molecule has 0 saturated carbocycles. The van der Waals surface area contributed by atoms with Crippen molar-refractivity contribution in [2.24, 2.45) is 0 Å². The minimum Gasteiger partial charge on any atom is -0.483 e. The number of hydrogen-bond donors (Lipinski definition) is 1. The summed E-state index contributed by atoms with van der Waals surface area (Å²) in [6.07, 6.45) is 0.921. The fourth-order valence-electron chi connectivity index (χ4n) is 1.77. The fourth-order valence-corrected chi connectivity index (χ4v) is 1.77. The van der Waals surface area contributed by atoms with Crippen molar-refractivity contribution in [3.63, 3.8) is 0 Å². The molecule has 0 heterocycles. The number of para-hydroxylation sites is 1. The fraction of sp³-hybridized carbons (Fsp3) is 0.562. The third-order valence-corrected chi connectivity index (χ3v) is 3.07. The second-order valence-corrected chi connectivity index (χ2v) is 5.91. The highest BCUT2D eigenvalue weighted by Gasteiger charge is 2.18. The Kier molecular flexibility index (Phi) is 5.40. The van der Waals surface area contributed by atoms with Gasteiger partial charge in [0.2, 0.25) is 0 Å². The summed E-state index contributed by atoms with van der Waals surface area (Å²) in [7, 11) is 0. The van der Waals surface area contributed by atoms with Gasteiger partial charge < -0.3 is 10.1 Å². The first-order valence-electron chi connectivity index (χ1n) is 6.86. The molecule has 1 aromatic rings. The number of hydrogen-bond acceptors (Lipinski definition) is 2. The number of rotatable bonds is 5. The lowest BCUT2D eigenvalue weighted by Crippen LogP contribution is -2.35. The lowest BCUT2D eigenvalue weighted by Gasteiger charge is -2.22. The van der Waals surface area contributed by atoms with E-state index in [1.807, 2.05) is 38.1 Å². The first kappa shape index (κ1) is 15.5. The molecule has 0 spiro atoms. The molecule has 1 unspecified atom stereocenters. The van der Waals surface area contributed by atoms with Crippen molar-refractivity contribution in [3.8, 4) is 5.75 Å². The zero-order chi connectivity index (χ0) is 14.5. The maximum atomic E-state index is 11.7. The highest BCUT2D eigenvalue weighted by Crippen LogP contribution is 2.30. The summed E-state index contributed by atoms with van der Waals surface area (Å²) in [6, 6.07) is 8.07. The quantitative estimate of drug-likeness (QED) is 0.885. The average molecular weight is 263 g/mol. The van der Waals surface area contributed by atoms with Crippen LogP contribution in [0.2, 0.25) is 0 Å². The Hall–Kier alpha value is -1.51. The van der Waals surface area contributed by atoms with E-state index in [0.717, 1.165) is 17.7 Å². The molecule has 0 radical (unpaired) electrons. The Balaban J connectivity index is 2.66. The molecule has 0 aliphatic heterocycles. The van der Waals surface area contributed by atoms with E-state index in [1.165, 1.54) is 0 Å². The van der Waals surface area contributed by atoms with Crippen LogP contribution in [0.25, 0.3) is 0 Å². The van der Waals surface area contributed by atoms with Crippen LogP contribution in [0, 0.1) is 0 Å². The highest BCUT2D eigenvalue weighted by molar-refractivity contribution is 5.77. The molecule has 3 nitrogen and oxygen atoms in total. The van der Waals surface area contributed by atoms with Crippen LogP contribution in [0.1, 0.15) is 46.6 Å². The standard InChI is InChI=1S/C16H25NO2/c1-6-12(2)17-15(18)11-19-14-10-8-7-9-13(14)16(3,4)5/h7-10,12H,6,11H2,1-5H3,(H,17,18). The van der Waals surface area contributed by atoms with Gasteiger partial charge in [0.25, 0.3) is 5.91 Å². The third-order valence-electron chi connectivity index (χ3n) is 3.07. The summed E-state index contributed by atoms with van der Waals surface area (Å²) < 4.78 is 5.66. The second kappa shape index (κ2) is 6.60. The van der Waals surface area contributed by atoms with Crippen molar-refractivity contribution < 1.29 is 9.53 Å². The topological polar surface area (TPSA) is 38.3 Å². The number of nitrogens with one attached hydrogen (secondary N) is 1. The molecular formula is C16H25NO2. The van der Waals surface area contributed by atoms with Gasteiger partial charge in [-0.3, -0.25) is 4.79 Å². The Labute approximate surface area is 116 Å². The van der Waals surface area contributed by atoms with Gasteiger partial charge in [-0.05, 0) is 30.4 Å². The van der Waals surface area contributed by atoms with Gasteiger partial charge in [0.1, 0.15) is 5.75 Å². The van der Waals surface area contributed by atoms with Gasteiger partial charge in [-0.25, -0.2) is 0 Å². The summed E-state index contributed by atoms with van der Waals surface area (Å²) in [5.74, 6) is 0.715. The summed E-state index contributed by atoms with van der Waals surface area (Å²) in [4.78, 5) is 11.7. The maximum Gasteiger partial charge on any atom is 0.258 e. The van der Waals surface area contributed by atoms with Crippen LogP contribution in [0.4, 0.5) is 0 Å². The molecule has 19 heavy (non-hydrogen) atoms. The van der Waals surface area contributed by atoms with Crippen molar-refractivity contribution in [1.29, 1.82) is 0 Å². The molecule has 0 aliphatic carbocycles. The Bertz CT molecular complexity index is 421. The van der Waals surface area contributed by atoms with E-state index < -0.39 is 0 Å². The van der Waals surface area contributed by atoms with Crippen LogP contribution in [-0.2, 0) is 10.2 Å². The lowest BCUT2D eigenvalue weighted by molar-refractivity contribution is -0.123. The summed E-state index contributed by atoms with van der Waals surface area (Å²) in [6.45, 7) is 10.5.